The molecule has 2 bridgehead atoms. The first-order chi connectivity index (χ1) is 25.1. The summed E-state index contributed by atoms with van der Waals surface area (Å²) in [5, 5.41) is 0.800. The van der Waals surface area contributed by atoms with Gasteiger partial charge in [-0.2, -0.15) is 0 Å². The third kappa shape index (κ3) is 7.12. The van der Waals surface area contributed by atoms with Crippen molar-refractivity contribution in [3.63, 3.8) is 0 Å². The van der Waals surface area contributed by atoms with Gasteiger partial charge in [0.05, 0.1) is 12.3 Å². The van der Waals surface area contributed by atoms with Crippen molar-refractivity contribution >= 4 is 39.7 Å². The second-order valence-electron chi connectivity index (χ2n) is 17.1. The topological polar surface area (TPSA) is 57.3 Å². The molecule has 1 saturated carbocycles. The zero-order chi connectivity index (χ0) is 36.0. The number of anilines is 1. The second-order valence-corrected chi connectivity index (χ2v) is 19.1. The quantitative estimate of drug-likeness (QED) is 0.258. The van der Waals surface area contributed by atoms with E-state index in [9.17, 15) is 4.79 Å². The highest BCUT2D eigenvalue weighted by Gasteiger charge is 2.50. The molecule has 6 aliphatic rings. The molecule has 52 heavy (non-hydrogen) atoms. The van der Waals surface area contributed by atoms with E-state index in [1.165, 1.54) is 43.4 Å². The van der Waals surface area contributed by atoms with Crippen LogP contribution < -0.4 is 14.4 Å². The number of aryl methyl sites for hydroxylation is 1. The van der Waals surface area contributed by atoms with E-state index in [0.29, 0.717) is 41.9 Å². The number of benzene rings is 2. The molecule has 2 aliphatic carbocycles. The van der Waals surface area contributed by atoms with E-state index in [-0.39, 0.29) is 16.9 Å². The fourth-order valence-corrected chi connectivity index (χ4v) is 12.1. The van der Waals surface area contributed by atoms with Crippen LogP contribution in [0.25, 0.3) is 0 Å². The van der Waals surface area contributed by atoms with Crippen molar-refractivity contribution in [2.75, 3.05) is 70.2 Å². The molecule has 3 fully saturated rings. The summed E-state index contributed by atoms with van der Waals surface area (Å²) in [4.78, 5) is 21.8. The van der Waals surface area contributed by atoms with Crippen LogP contribution in [0.3, 0.4) is 0 Å². The van der Waals surface area contributed by atoms with E-state index < -0.39 is 10.7 Å². The Morgan fingerprint density at radius 1 is 1.06 bits per heavy atom. The van der Waals surface area contributed by atoms with Crippen LogP contribution in [0.15, 0.2) is 48.6 Å². The van der Waals surface area contributed by atoms with Crippen LogP contribution in [-0.2, 0) is 16.6 Å². The molecule has 1 N–H and O–H groups in total. The van der Waals surface area contributed by atoms with E-state index in [2.05, 4.69) is 75.6 Å². The van der Waals surface area contributed by atoms with Gasteiger partial charge in [-0.1, -0.05) is 56.0 Å². The van der Waals surface area contributed by atoms with Crippen LogP contribution >= 0.6 is 22.3 Å². The number of amides is 1. The minimum absolute atomic E-state index is 0.0572. The lowest BCUT2D eigenvalue weighted by Crippen LogP contribution is -2.61. The van der Waals surface area contributed by atoms with Gasteiger partial charge in [0, 0.05) is 74.2 Å². The fraction of sp³-hybridized carbons (Fsp3) is 0.628. The molecule has 1 spiro atoms. The molecule has 8 rings (SSSR count). The highest BCUT2D eigenvalue weighted by molar-refractivity contribution is 8.12. The van der Waals surface area contributed by atoms with Gasteiger partial charge in [-0.3, -0.25) is 14.6 Å². The zero-order valence-electron chi connectivity index (χ0n) is 31.6. The number of halogens is 1. The first kappa shape index (κ1) is 36.6. The third-order valence-electron chi connectivity index (χ3n) is 13.9. The summed E-state index contributed by atoms with van der Waals surface area (Å²) in [5.41, 5.74) is 3.88. The van der Waals surface area contributed by atoms with Crippen LogP contribution in [-0.4, -0.2) is 98.5 Å². The molecule has 2 saturated heterocycles. The van der Waals surface area contributed by atoms with Crippen LogP contribution in [0, 0.1) is 23.7 Å². The van der Waals surface area contributed by atoms with Gasteiger partial charge in [0.1, 0.15) is 11.4 Å². The standard InChI is InChI=1S/C43H59ClN4O3S/c1-30-16-18-43(50-3,28-46-20-21-47-19-6-5-9-36(47)25-46)38-13-10-34(38)24-48-27-42(17-7-8-32-22-35(44)12-14-37(32)42)29-51-40-15-11-33(23-39(40)48)41(49)45-52(4)26-31(30)2/h11-12,14-16,18,22-23,30-31,34,36,38H,4-10,13,17,19-21,24-29H2,1-3H3,(H,45,49)/b18-16+/t30-,31?,34?,36?,38?,42-,43-,52?/m0/s1. The SMILES string of the molecule is C=S1CC(C)[C@@H](C)/C=C/[C@@](CN2CCN3CCCCC3C2)(OC)C2CCC2CN2C[C@@]3(CCCc4cc(Cl)ccc43)COc3ccc(cc32)C(=O)N1. The first-order valence-electron chi connectivity index (χ1n) is 20.0. The van der Waals surface area contributed by atoms with Crippen LogP contribution in [0.1, 0.15) is 80.3 Å². The summed E-state index contributed by atoms with van der Waals surface area (Å²) in [5.74, 6) is 7.59. The molecule has 1 amide bonds. The van der Waals surface area contributed by atoms with Gasteiger partial charge in [-0.15, -0.1) is 10.7 Å². The highest BCUT2D eigenvalue weighted by atomic mass is 35.5. The third-order valence-corrected chi connectivity index (χ3v) is 15.5. The number of nitrogens with one attached hydrogen (secondary N) is 1. The van der Waals surface area contributed by atoms with E-state index >= 15 is 0 Å². The lowest BCUT2D eigenvalue weighted by molar-refractivity contribution is -0.100. The number of hydrogen-bond donors (Lipinski definition) is 1. The number of piperidine rings is 1. The largest absolute Gasteiger partial charge is 0.490 e. The Balaban J connectivity index is 1.17. The number of ether oxygens (including phenoxy) is 2. The average molecular weight is 747 g/mol. The number of nitrogens with zero attached hydrogens (tertiary/aromatic N) is 3. The van der Waals surface area contributed by atoms with E-state index in [4.69, 9.17) is 21.1 Å². The van der Waals surface area contributed by atoms with Crippen molar-refractivity contribution in [3.05, 3.63) is 70.3 Å². The minimum atomic E-state index is -0.510. The molecule has 5 unspecified atom stereocenters. The van der Waals surface area contributed by atoms with E-state index in [1.54, 1.807) is 0 Å². The van der Waals surface area contributed by atoms with Crippen molar-refractivity contribution in [1.29, 1.82) is 0 Å². The number of allylic oxidation sites excluding steroid dienone is 1. The Kier molecular flexibility index (Phi) is 10.6. The Morgan fingerprint density at radius 3 is 2.77 bits per heavy atom. The Morgan fingerprint density at radius 2 is 1.94 bits per heavy atom. The smallest absolute Gasteiger partial charge is 0.260 e. The van der Waals surface area contributed by atoms with Gasteiger partial charge < -0.3 is 19.1 Å². The summed E-state index contributed by atoms with van der Waals surface area (Å²) < 4.78 is 16.9. The predicted molar refractivity (Wildman–Crippen MR) is 216 cm³/mol. The fourth-order valence-electron chi connectivity index (χ4n) is 10.5. The van der Waals surface area contributed by atoms with Crippen LogP contribution in [0.2, 0.25) is 5.02 Å². The zero-order valence-corrected chi connectivity index (χ0v) is 33.2. The number of carbonyl (C=O) groups excluding carboxylic acids is 1. The summed E-state index contributed by atoms with van der Waals surface area (Å²) in [6.45, 7) is 12.6. The van der Waals surface area contributed by atoms with Crippen LogP contribution in [0.5, 0.6) is 5.75 Å². The molecule has 2 aromatic rings. The van der Waals surface area contributed by atoms with Gasteiger partial charge in [-0.25, -0.2) is 0 Å². The molecule has 8 atom stereocenters. The average Bonchev–Trinajstić information content (AvgIpc) is 3.28. The molecule has 2 aromatic carbocycles. The maximum absolute atomic E-state index is 13.7. The highest BCUT2D eigenvalue weighted by Crippen LogP contribution is 2.49. The molecular formula is C43H59ClN4O3S. The number of rotatable bonds is 3. The summed E-state index contributed by atoms with van der Waals surface area (Å²) in [7, 11) is 1.45. The molecule has 9 heteroatoms. The Labute approximate surface area is 319 Å². The van der Waals surface area contributed by atoms with Gasteiger partial charge >= 0.3 is 0 Å². The second kappa shape index (κ2) is 15.1. The number of hydrogen-bond acceptors (Lipinski definition) is 6. The van der Waals surface area contributed by atoms with Gasteiger partial charge in [0.25, 0.3) is 5.91 Å². The predicted octanol–water partition coefficient (Wildman–Crippen LogP) is 7.58. The maximum atomic E-state index is 13.7. The van der Waals surface area contributed by atoms with Gasteiger partial charge in [0.2, 0.25) is 0 Å². The van der Waals surface area contributed by atoms with Gasteiger partial charge in [0.15, 0.2) is 0 Å². The molecule has 4 aliphatic heterocycles. The monoisotopic (exact) mass is 746 g/mol. The van der Waals surface area contributed by atoms with Crippen molar-refractivity contribution in [1.82, 2.24) is 14.5 Å². The molecule has 0 radical (unpaired) electrons. The molecular weight excluding hydrogens is 688 g/mol. The summed E-state index contributed by atoms with van der Waals surface area (Å²) in [6, 6.07) is 13.2. The van der Waals surface area contributed by atoms with E-state index in [1.807, 2.05) is 19.2 Å². The molecule has 7 nitrogen and oxygen atoms in total. The van der Waals surface area contributed by atoms with Crippen molar-refractivity contribution in [2.24, 2.45) is 23.7 Å². The normalized spacial score (nSPS) is 36.3. The number of carbonyl (C=O) groups is 1. The molecule has 0 aromatic heterocycles. The lowest BCUT2D eigenvalue weighted by atomic mass is 9.63. The first-order valence-corrected chi connectivity index (χ1v) is 21.9. The molecule has 282 valence electrons. The van der Waals surface area contributed by atoms with Crippen molar-refractivity contribution in [2.45, 2.75) is 82.3 Å². The van der Waals surface area contributed by atoms with Crippen molar-refractivity contribution < 1.29 is 14.3 Å². The number of piperazine rings is 1. The van der Waals surface area contributed by atoms with Crippen LogP contribution in [0.4, 0.5) is 5.69 Å². The Bertz CT molecular complexity index is 1700. The molecule has 4 heterocycles. The number of fused-ring (bicyclic) bond motifs is 5. The maximum Gasteiger partial charge on any atom is 0.260 e. The van der Waals surface area contributed by atoms with E-state index in [0.717, 1.165) is 87.2 Å². The Hall–Kier alpha value is -2.36. The summed E-state index contributed by atoms with van der Waals surface area (Å²) >= 11 is 6.54. The van der Waals surface area contributed by atoms with Gasteiger partial charge in [-0.05, 0) is 117 Å². The number of methoxy groups -OCH3 is 1. The minimum Gasteiger partial charge on any atom is -0.490 e. The van der Waals surface area contributed by atoms with Crippen molar-refractivity contribution in [3.8, 4) is 5.75 Å². The lowest BCUT2D eigenvalue weighted by Gasteiger charge is -2.53. The summed E-state index contributed by atoms with van der Waals surface area (Å²) in [6.07, 6.45) is 14.4.